The number of hydrogen-bond acceptors (Lipinski definition) is 6. The molecule has 1 heterocycles. The molecule has 148 valence electrons. The minimum atomic E-state index is -0.612. The van der Waals surface area contributed by atoms with Crippen LogP contribution in [0.3, 0.4) is 0 Å². The van der Waals surface area contributed by atoms with Crippen molar-refractivity contribution in [2.24, 2.45) is 11.8 Å². The van der Waals surface area contributed by atoms with E-state index < -0.39 is 30.2 Å². The number of fused-ring (bicyclic) bond motifs is 1. The van der Waals surface area contributed by atoms with Crippen molar-refractivity contribution in [3.05, 3.63) is 35.5 Å². The summed E-state index contributed by atoms with van der Waals surface area (Å²) in [6, 6.07) is 0. The van der Waals surface area contributed by atoms with Gasteiger partial charge in [-0.25, -0.2) is 4.79 Å². The molecule has 0 aromatic heterocycles. The minimum Gasteiger partial charge on any atom is -0.461 e. The van der Waals surface area contributed by atoms with Crippen LogP contribution >= 0.6 is 0 Å². The Morgan fingerprint density at radius 1 is 1.26 bits per heavy atom. The Bertz CT molecular complexity index is 699. The second-order valence-electron chi connectivity index (χ2n) is 7.55. The quantitative estimate of drug-likeness (QED) is 0.326. The summed E-state index contributed by atoms with van der Waals surface area (Å²) in [5.74, 6) is -1.95. The zero-order valence-corrected chi connectivity index (χ0v) is 16.6. The zero-order chi connectivity index (χ0) is 20.3. The lowest BCUT2D eigenvalue weighted by Gasteiger charge is -2.29. The molecule has 1 saturated heterocycles. The van der Waals surface area contributed by atoms with E-state index in [4.69, 9.17) is 14.2 Å². The van der Waals surface area contributed by atoms with Crippen molar-refractivity contribution in [1.29, 1.82) is 0 Å². The molecule has 0 aromatic rings. The molecule has 0 saturated carbocycles. The van der Waals surface area contributed by atoms with Crippen LogP contribution in [-0.4, -0.2) is 36.2 Å². The average Bonchev–Trinajstić information content (AvgIpc) is 2.83. The molecule has 0 unspecified atom stereocenters. The van der Waals surface area contributed by atoms with Crippen LogP contribution in [0.5, 0.6) is 0 Å². The van der Waals surface area contributed by atoms with Crippen LogP contribution in [0.25, 0.3) is 0 Å². The van der Waals surface area contributed by atoms with Crippen LogP contribution in [0.2, 0.25) is 0 Å². The van der Waals surface area contributed by atoms with Crippen molar-refractivity contribution in [3.8, 4) is 0 Å². The number of carbonyl (C=O) groups excluding carboxylic acids is 3. The fraction of sp³-hybridized carbons (Fsp3) is 0.571. The molecule has 2 aliphatic rings. The molecule has 0 amide bonds. The van der Waals surface area contributed by atoms with Crippen molar-refractivity contribution in [2.45, 2.75) is 65.8 Å². The lowest BCUT2D eigenvalue weighted by Crippen LogP contribution is -2.35. The maximum absolute atomic E-state index is 12.2. The smallest absolute Gasteiger partial charge is 0.334 e. The van der Waals surface area contributed by atoms with E-state index in [-0.39, 0.29) is 17.9 Å². The highest BCUT2D eigenvalue weighted by Crippen LogP contribution is 2.36. The Morgan fingerprint density at radius 3 is 2.52 bits per heavy atom. The first-order valence-corrected chi connectivity index (χ1v) is 9.21. The molecule has 0 N–H and O–H groups in total. The summed E-state index contributed by atoms with van der Waals surface area (Å²) in [5, 5.41) is 0. The van der Waals surface area contributed by atoms with E-state index in [0.717, 1.165) is 11.1 Å². The molecule has 0 aromatic carbocycles. The average molecular weight is 376 g/mol. The van der Waals surface area contributed by atoms with Gasteiger partial charge in [0.1, 0.15) is 18.3 Å². The summed E-state index contributed by atoms with van der Waals surface area (Å²) < 4.78 is 16.6. The topological polar surface area (TPSA) is 78.9 Å². The SMILES string of the molecule is C=C1C(=O)O[C@@H]2/C=C(/C)[C@@H](OC(C)=O)C/C=C(\C)C[C@H](OC(=O)C(C)C)[C@@H]12. The highest BCUT2D eigenvalue weighted by molar-refractivity contribution is 5.91. The number of ether oxygens (including phenoxy) is 3. The van der Waals surface area contributed by atoms with Gasteiger partial charge in [0.2, 0.25) is 0 Å². The Balaban J connectivity index is 2.42. The highest BCUT2D eigenvalue weighted by atomic mass is 16.6. The van der Waals surface area contributed by atoms with E-state index in [1.807, 2.05) is 19.9 Å². The molecule has 1 aliphatic carbocycles. The third-order valence-corrected chi connectivity index (χ3v) is 4.85. The molecule has 4 atom stereocenters. The zero-order valence-electron chi connectivity index (χ0n) is 16.6. The molecule has 1 fully saturated rings. The number of hydrogen-bond donors (Lipinski definition) is 0. The van der Waals surface area contributed by atoms with E-state index in [1.165, 1.54) is 6.92 Å². The summed E-state index contributed by atoms with van der Waals surface area (Å²) in [7, 11) is 0. The third-order valence-electron chi connectivity index (χ3n) is 4.85. The largest absolute Gasteiger partial charge is 0.461 e. The molecule has 0 bridgehead atoms. The predicted octanol–water partition coefficient (Wildman–Crippen LogP) is 3.27. The Morgan fingerprint density at radius 2 is 1.93 bits per heavy atom. The van der Waals surface area contributed by atoms with Crippen LogP contribution in [0.15, 0.2) is 35.5 Å². The molecule has 2 rings (SSSR count). The van der Waals surface area contributed by atoms with E-state index in [1.54, 1.807) is 19.9 Å². The molecule has 1 aliphatic heterocycles. The maximum atomic E-state index is 12.2. The molecular formula is C21H28O6. The molecule has 27 heavy (non-hydrogen) atoms. The highest BCUT2D eigenvalue weighted by Gasteiger charge is 2.44. The van der Waals surface area contributed by atoms with Gasteiger partial charge in [0.05, 0.1) is 11.8 Å². The summed E-state index contributed by atoms with van der Waals surface area (Å²) >= 11 is 0. The first-order chi connectivity index (χ1) is 12.6. The molecule has 6 heteroatoms. The summed E-state index contributed by atoms with van der Waals surface area (Å²) in [6.07, 6.45) is 3.12. The monoisotopic (exact) mass is 376 g/mol. The maximum Gasteiger partial charge on any atom is 0.334 e. The van der Waals surface area contributed by atoms with Crippen molar-refractivity contribution < 1.29 is 28.6 Å². The van der Waals surface area contributed by atoms with Gasteiger partial charge in [0.25, 0.3) is 0 Å². The van der Waals surface area contributed by atoms with Gasteiger partial charge in [-0.15, -0.1) is 0 Å². The van der Waals surface area contributed by atoms with Gasteiger partial charge < -0.3 is 14.2 Å². The van der Waals surface area contributed by atoms with Crippen LogP contribution in [-0.2, 0) is 28.6 Å². The van der Waals surface area contributed by atoms with E-state index >= 15 is 0 Å². The van der Waals surface area contributed by atoms with Gasteiger partial charge in [-0.2, -0.15) is 0 Å². The summed E-state index contributed by atoms with van der Waals surface area (Å²) in [5.41, 5.74) is 2.06. The molecule has 0 spiro atoms. The summed E-state index contributed by atoms with van der Waals surface area (Å²) in [4.78, 5) is 35.8. The fourth-order valence-corrected chi connectivity index (χ4v) is 3.31. The van der Waals surface area contributed by atoms with Crippen LogP contribution in [0.1, 0.15) is 47.5 Å². The fourth-order valence-electron chi connectivity index (χ4n) is 3.31. The van der Waals surface area contributed by atoms with Crippen molar-refractivity contribution >= 4 is 17.9 Å². The number of carbonyl (C=O) groups is 3. The van der Waals surface area contributed by atoms with Gasteiger partial charge >= 0.3 is 17.9 Å². The predicted molar refractivity (Wildman–Crippen MR) is 99.5 cm³/mol. The standard InChI is InChI=1S/C21H28O6/c1-11(2)20(23)26-17-9-12(3)7-8-16(25-15(6)22)13(4)10-18-19(17)14(5)21(24)27-18/h7,10-11,16-19H,5,8-9H2,1-4,6H3/b12-7+,13-10-/t16-,17-,18+,19+/m0/s1. The van der Waals surface area contributed by atoms with Crippen molar-refractivity contribution in [3.63, 3.8) is 0 Å². The lowest BCUT2D eigenvalue weighted by molar-refractivity contribution is -0.155. The minimum absolute atomic E-state index is 0.278. The van der Waals surface area contributed by atoms with Gasteiger partial charge in [-0.05, 0) is 25.5 Å². The van der Waals surface area contributed by atoms with Gasteiger partial charge in [0.15, 0.2) is 0 Å². The first-order valence-electron chi connectivity index (χ1n) is 9.21. The third kappa shape index (κ3) is 5.08. The van der Waals surface area contributed by atoms with Crippen LogP contribution in [0, 0.1) is 11.8 Å². The Hall–Kier alpha value is -2.37. The van der Waals surface area contributed by atoms with Crippen LogP contribution in [0.4, 0.5) is 0 Å². The molecule has 0 radical (unpaired) electrons. The number of rotatable bonds is 3. The molecule has 6 nitrogen and oxygen atoms in total. The Labute approximate surface area is 160 Å². The normalized spacial score (nSPS) is 32.5. The van der Waals surface area contributed by atoms with E-state index in [2.05, 4.69) is 6.58 Å². The van der Waals surface area contributed by atoms with Gasteiger partial charge in [-0.1, -0.05) is 32.1 Å². The van der Waals surface area contributed by atoms with Crippen molar-refractivity contribution in [1.82, 2.24) is 0 Å². The van der Waals surface area contributed by atoms with Crippen molar-refractivity contribution in [2.75, 3.05) is 0 Å². The van der Waals surface area contributed by atoms with Crippen LogP contribution < -0.4 is 0 Å². The lowest BCUT2D eigenvalue weighted by atomic mass is 9.85. The first kappa shape index (κ1) is 20.9. The molecular weight excluding hydrogens is 348 g/mol. The van der Waals surface area contributed by atoms with Gasteiger partial charge in [-0.3, -0.25) is 9.59 Å². The second kappa shape index (κ2) is 8.55. The van der Waals surface area contributed by atoms with Gasteiger partial charge in [0, 0.05) is 25.3 Å². The van der Waals surface area contributed by atoms with E-state index in [9.17, 15) is 14.4 Å². The Kier molecular flexibility index (Phi) is 6.63. The number of esters is 3. The summed E-state index contributed by atoms with van der Waals surface area (Å²) in [6.45, 7) is 12.5. The second-order valence-corrected chi connectivity index (χ2v) is 7.55. The van der Waals surface area contributed by atoms with E-state index in [0.29, 0.717) is 18.4 Å².